The highest BCUT2D eigenvalue weighted by atomic mass is 32.2. The quantitative estimate of drug-likeness (QED) is 0.864. The number of carboxylic acid groups (broad SMARTS) is 1. The lowest BCUT2D eigenvalue weighted by molar-refractivity contribution is -0.138. The van der Waals surface area contributed by atoms with Crippen molar-refractivity contribution in [3.05, 3.63) is 24.3 Å². The Kier molecular flexibility index (Phi) is 3.31. The highest BCUT2D eigenvalue weighted by Gasteiger charge is 2.33. The summed E-state index contributed by atoms with van der Waals surface area (Å²) in [5.41, 5.74) is 0.404. The van der Waals surface area contributed by atoms with Gasteiger partial charge < -0.3 is 10.4 Å². The van der Waals surface area contributed by atoms with Crippen LogP contribution in [0.3, 0.4) is 0 Å². The molecule has 0 saturated heterocycles. The molecule has 1 aliphatic rings. The summed E-state index contributed by atoms with van der Waals surface area (Å²) in [6.07, 6.45) is 0. The zero-order valence-corrected chi connectivity index (χ0v) is 11.9. The number of sulfonamides is 1. The number of nitrogens with zero attached hydrogens (tertiary/aromatic N) is 1. The average molecular weight is 300 g/mol. The topological polar surface area (TPSA) is 95.8 Å². The van der Waals surface area contributed by atoms with Crippen molar-refractivity contribution in [1.82, 2.24) is 0 Å². The predicted molar refractivity (Wildman–Crippen MR) is 74.0 cm³/mol. The van der Waals surface area contributed by atoms with E-state index in [-0.39, 0.29) is 10.1 Å². The number of para-hydroxylation sites is 1. The normalized spacial score (nSPS) is 17.1. The highest BCUT2D eigenvalue weighted by molar-refractivity contribution is 8.16. The van der Waals surface area contributed by atoms with Crippen LogP contribution in [0.5, 0.6) is 0 Å². The standard InChI is InChI=1S/C11H12N2O4S2/c1-11(2,9(14)15)18-10-12-7-5-3-4-6-8(7)19(16,17)13-10/h3-6H,1-2H3,(H,12,13)(H,14,15). The third-order valence-electron chi connectivity index (χ3n) is 2.48. The first-order valence-corrected chi connectivity index (χ1v) is 7.61. The summed E-state index contributed by atoms with van der Waals surface area (Å²) < 4.78 is 26.3. The van der Waals surface area contributed by atoms with E-state index in [0.29, 0.717) is 5.69 Å². The van der Waals surface area contributed by atoms with E-state index >= 15 is 0 Å². The van der Waals surface area contributed by atoms with Crippen LogP contribution in [-0.2, 0) is 14.8 Å². The largest absolute Gasteiger partial charge is 0.480 e. The fraction of sp³-hybridized carbons (Fsp3) is 0.273. The van der Waals surface area contributed by atoms with Crippen molar-refractivity contribution in [2.75, 3.05) is 5.32 Å². The van der Waals surface area contributed by atoms with Crippen molar-refractivity contribution in [1.29, 1.82) is 0 Å². The molecule has 0 fully saturated rings. The number of hydrogen-bond acceptors (Lipinski definition) is 5. The highest BCUT2D eigenvalue weighted by Crippen LogP contribution is 2.33. The molecule has 0 atom stereocenters. The van der Waals surface area contributed by atoms with E-state index in [4.69, 9.17) is 5.11 Å². The van der Waals surface area contributed by atoms with Gasteiger partial charge in [0.05, 0.1) is 5.69 Å². The molecule has 0 aromatic heterocycles. The molecule has 0 amide bonds. The number of benzene rings is 1. The maximum Gasteiger partial charge on any atom is 0.319 e. The summed E-state index contributed by atoms with van der Waals surface area (Å²) in [4.78, 5) is 11.1. The second kappa shape index (κ2) is 4.53. The Balaban J connectivity index is 2.38. The van der Waals surface area contributed by atoms with E-state index < -0.39 is 20.7 Å². The Labute approximate surface area is 115 Å². The average Bonchev–Trinajstić information content (AvgIpc) is 2.27. The van der Waals surface area contributed by atoms with Crippen LogP contribution in [-0.4, -0.2) is 29.4 Å². The van der Waals surface area contributed by atoms with Gasteiger partial charge in [-0.05, 0) is 26.0 Å². The first kappa shape index (κ1) is 13.9. The summed E-state index contributed by atoms with van der Waals surface area (Å²) in [5, 5.41) is 11.9. The monoisotopic (exact) mass is 300 g/mol. The van der Waals surface area contributed by atoms with E-state index in [0.717, 1.165) is 11.8 Å². The van der Waals surface area contributed by atoms with Gasteiger partial charge in [-0.3, -0.25) is 4.79 Å². The van der Waals surface area contributed by atoms with Crippen LogP contribution in [0, 0.1) is 0 Å². The van der Waals surface area contributed by atoms with Crippen LogP contribution in [0.1, 0.15) is 13.8 Å². The second-order valence-electron chi connectivity index (χ2n) is 4.41. The molecule has 19 heavy (non-hydrogen) atoms. The summed E-state index contributed by atoms with van der Waals surface area (Å²) in [5.74, 6) is -1.04. The molecule has 1 heterocycles. The molecular formula is C11H12N2O4S2. The molecule has 0 aliphatic carbocycles. The van der Waals surface area contributed by atoms with Crippen molar-refractivity contribution in [3.8, 4) is 0 Å². The number of anilines is 1. The Morgan fingerprint density at radius 2 is 2.00 bits per heavy atom. The van der Waals surface area contributed by atoms with E-state index in [2.05, 4.69) is 9.71 Å². The molecular weight excluding hydrogens is 288 g/mol. The number of nitrogens with one attached hydrogen (secondary N) is 1. The van der Waals surface area contributed by atoms with Crippen molar-refractivity contribution < 1.29 is 18.3 Å². The third-order valence-corrected chi connectivity index (χ3v) is 5.00. The summed E-state index contributed by atoms with van der Waals surface area (Å²) in [6, 6.07) is 6.35. The Morgan fingerprint density at radius 1 is 1.37 bits per heavy atom. The Hall–Kier alpha value is -1.54. The lowest BCUT2D eigenvalue weighted by atomic mass is 10.2. The number of hydrogen-bond donors (Lipinski definition) is 2. The smallest absolute Gasteiger partial charge is 0.319 e. The van der Waals surface area contributed by atoms with Crippen LogP contribution >= 0.6 is 11.8 Å². The van der Waals surface area contributed by atoms with E-state index in [1.807, 2.05) is 0 Å². The SMILES string of the molecule is CC(C)(SC1=NS(=O)(=O)c2ccccc2N1)C(=O)O. The minimum Gasteiger partial charge on any atom is -0.480 e. The van der Waals surface area contributed by atoms with Gasteiger partial charge in [-0.15, -0.1) is 4.40 Å². The molecule has 0 spiro atoms. The van der Waals surface area contributed by atoms with Gasteiger partial charge in [0.2, 0.25) is 0 Å². The van der Waals surface area contributed by atoms with Crippen molar-refractivity contribution >= 4 is 38.6 Å². The maximum atomic E-state index is 12.0. The first-order valence-electron chi connectivity index (χ1n) is 5.36. The number of thioether (sulfide) groups is 1. The zero-order valence-electron chi connectivity index (χ0n) is 10.2. The van der Waals surface area contributed by atoms with Gasteiger partial charge >= 0.3 is 5.97 Å². The molecule has 1 aromatic rings. The van der Waals surface area contributed by atoms with Crippen molar-refractivity contribution in [2.24, 2.45) is 4.40 Å². The van der Waals surface area contributed by atoms with Gasteiger partial charge in [0.1, 0.15) is 9.64 Å². The molecule has 8 heteroatoms. The molecule has 0 bridgehead atoms. The molecule has 1 aromatic carbocycles. The van der Waals surface area contributed by atoms with Crippen molar-refractivity contribution in [3.63, 3.8) is 0 Å². The van der Waals surface area contributed by atoms with Gasteiger partial charge in [0, 0.05) is 0 Å². The van der Waals surface area contributed by atoms with Gasteiger partial charge in [-0.25, -0.2) is 0 Å². The lowest BCUT2D eigenvalue weighted by Crippen LogP contribution is -2.32. The second-order valence-corrected chi connectivity index (χ2v) is 7.59. The van der Waals surface area contributed by atoms with Crippen LogP contribution < -0.4 is 5.32 Å². The van der Waals surface area contributed by atoms with Crippen molar-refractivity contribution in [2.45, 2.75) is 23.5 Å². The zero-order chi connectivity index (χ0) is 14.3. The summed E-state index contributed by atoms with van der Waals surface area (Å²) in [6.45, 7) is 2.97. The predicted octanol–water partition coefficient (Wildman–Crippen LogP) is 1.75. The number of amidine groups is 1. The van der Waals surface area contributed by atoms with Crippen LogP contribution in [0.4, 0.5) is 5.69 Å². The molecule has 0 unspecified atom stereocenters. The van der Waals surface area contributed by atoms with E-state index in [1.165, 1.54) is 19.9 Å². The van der Waals surface area contributed by atoms with E-state index in [9.17, 15) is 13.2 Å². The van der Waals surface area contributed by atoms with Gasteiger partial charge in [0.15, 0.2) is 5.17 Å². The third kappa shape index (κ3) is 2.74. The molecule has 0 radical (unpaired) electrons. The van der Waals surface area contributed by atoms with E-state index in [1.54, 1.807) is 18.2 Å². The molecule has 6 nitrogen and oxygen atoms in total. The van der Waals surface area contributed by atoms with Gasteiger partial charge in [-0.2, -0.15) is 8.42 Å². The number of rotatable bonds is 2. The molecule has 102 valence electrons. The number of carbonyl (C=O) groups is 1. The molecule has 1 aliphatic heterocycles. The first-order chi connectivity index (χ1) is 8.72. The van der Waals surface area contributed by atoms with Crippen LogP contribution in [0.25, 0.3) is 0 Å². The number of fused-ring (bicyclic) bond motifs is 1. The lowest BCUT2D eigenvalue weighted by Gasteiger charge is -2.23. The molecule has 2 N–H and O–H groups in total. The summed E-state index contributed by atoms with van der Waals surface area (Å²) >= 11 is 0.857. The number of carboxylic acids is 1. The van der Waals surface area contributed by atoms with Crippen LogP contribution in [0.15, 0.2) is 33.6 Å². The minimum atomic E-state index is -3.78. The summed E-state index contributed by atoms with van der Waals surface area (Å²) in [7, 11) is -3.78. The van der Waals surface area contributed by atoms with Crippen LogP contribution in [0.2, 0.25) is 0 Å². The maximum absolute atomic E-state index is 12.0. The Bertz CT molecular complexity index is 665. The fourth-order valence-corrected chi connectivity index (χ4v) is 3.61. The Morgan fingerprint density at radius 3 is 2.63 bits per heavy atom. The van der Waals surface area contributed by atoms with Gasteiger partial charge in [0.25, 0.3) is 10.0 Å². The number of aliphatic carboxylic acids is 1. The molecule has 0 saturated carbocycles. The fourth-order valence-electron chi connectivity index (χ4n) is 1.42. The van der Waals surface area contributed by atoms with Gasteiger partial charge in [-0.1, -0.05) is 23.9 Å². The minimum absolute atomic E-state index is 0.0612. The molecule has 2 rings (SSSR count).